The molecule has 1 aliphatic carbocycles. The van der Waals surface area contributed by atoms with Gasteiger partial charge in [0, 0.05) is 0 Å². The first-order chi connectivity index (χ1) is 12.9. The lowest BCUT2D eigenvalue weighted by atomic mass is 9.70. The Hall–Kier alpha value is -2.90. The number of hydrogen-bond acceptors (Lipinski definition) is 1. The minimum atomic E-state index is -0.271. The molecule has 0 fully saturated rings. The zero-order valence-electron chi connectivity index (χ0n) is 14.5. The smallest absolute Gasteiger partial charge is 0.101 e. The van der Waals surface area contributed by atoms with Gasteiger partial charge >= 0.3 is 0 Å². The molecule has 1 heteroatoms. The van der Waals surface area contributed by atoms with E-state index in [-0.39, 0.29) is 11.5 Å². The first-order valence-corrected chi connectivity index (χ1v) is 9.10. The second-order valence-electron chi connectivity index (χ2n) is 6.98. The SMILES string of the molecule is C1=CC2OCC(c3ccccc3)(c3ccccc3)C=C2c2ccccc21. The van der Waals surface area contributed by atoms with Crippen LogP contribution in [0, 0.1) is 0 Å². The highest BCUT2D eigenvalue weighted by molar-refractivity contribution is 5.84. The minimum absolute atomic E-state index is 0.0328. The van der Waals surface area contributed by atoms with Crippen LogP contribution in [0.5, 0.6) is 0 Å². The molecule has 0 amide bonds. The second-order valence-corrected chi connectivity index (χ2v) is 6.98. The van der Waals surface area contributed by atoms with E-state index in [1.807, 2.05) is 0 Å². The number of fused-ring (bicyclic) bond motifs is 3. The molecular formula is C25H20O. The second kappa shape index (κ2) is 6.12. The van der Waals surface area contributed by atoms with Gasteiger partial charge in [0.1, 0.15) is 6.10 Å². The lowest BCUT2D eigenvalue weighted by Gasteiger charge is -2.40. The minimum Gasteiger partial charge on any atom is -0.368 e. The van der Waals surface area contributed by atoms with Crippen LogP contribution >= 0.6 is 0 Å². The van der Waals surface area contributed by atoms with Crippen molar-refractivity contribution in [2.75, 3.05) is 6.61 Å². The van der Waals surface area contributed by atoms with Crippen molar-refractivity contribution in [2.45, 2.75) is 11.5 Å². The molecule has 0 radical (unpaired) electrons. The van der Waals surface area contributed by atoms with Gasteiger partial charge in [-0.3, -0.25) is 0 Å². The van der Waals surface area contributed by atoms with E-state index in [1.54, 1.807) is 0 Å². The highest BCUT2D eigenvalue weighted by Crippen LogP contribution is 2.44. The first-order valence-electron chi connectivity index (χ1n) is 9.10. The molecule has 0 saturated heterocycles. The Bertz CT molecular complexity index is 943. The van der Waals surface area contributed by atoms with Crippen LogP contribution in [0.15, 0.2) is 97.1 Å². The molecule has 1 aliphatic heterocycles. The van der Waals surface area contributed by atoms with Crippen molar-refractivity contribution >= 4 is 11.6 Å². The fourth-order valence-electron chi connectivity index (χ4n) is 4.16. The van der Waals surface area contributed by atoms with Crippen molar-refractivity contribution in [2.24, 2.45) is 0 Å². The maximum Gasteiger partial charge on any atom is 0.101 e. The summed E-state index contributed by atoms with van der Waals surface area (Å²) in [5.74, 6) is 0. The van der Waals surface area contributed by atoms with E-state index >= 15 is 0 Å². The van der Waals surface area contributed by atoms with Gasteiger partial charge < -0.3 is 4.74 Å². The topological polar surface area (TPSA) is 9.23 Å². The third kappa shape index (κ3) is 2.36. The third-order valence-corrected chi connectivity index (χ3v) is 5.50. The van der Waals surface area contributed by atoms with E-state index in [4.69, 9.17) is 4.74 Å². The lowest BCUT2D eigenvalue weighted by molar-refractivity contribution is 0.0867. The molecule has 1 unspecified atom stereocenters. The van der Waals surface area contributed by atoms with Crippen LogP contribution in [0.3, 0.4) is 0 Å². The van der Waals surface area contributed by atoms with E-state index in [0.717, 1.165) is 0 Å². The van der Waals surface area contributed by atoms with Crippen LogP contribution < -0.4 is 0 Å². The fraction of sp³-hybridized carbons (Fsp3) is 0.120. The van der Waals surface area contributed by atoms with Gasteiger partial charge in [0.15, 0.2) is 0 Å². The highest BCUT2D eigenvalue weighted by atomic mass is 16.5. The van der Waals surface area contributed by atoms with Gasteiger partial charge in [0.2, 0.25) is 0 Å². The van der Waals surface area contributed by atoms with Gasteiger partial charge in [0.05, 0.1) is 12.0 Å². The summed E-state index contributed by atoms with van der Waals surface area (Å²) >= 11 is 0. The molecule has 0 bridgehead atoms. The van der Waals surface area contributed by atoms with Gasteiger partial charge in [-0.2, -0.15) is 0 Å². The van der Waals surface area contributed by atoms with E-state index < -0.39 is 0 Å². The maximum atomic E-state index is 6.41. The van der Waals surface area contributed by atoms with Crippen molar-refractivity contribution in [3.05, 3.63) is 119 Å². The van der Waals surface area contributed by atoms with E-state index in [0.29, 0.717) is 6.61 Å². The maximum absolute atomic E-state index is 6.41. The van der Waals surface area contributed by atoms with Gasteiger partial charge in [0.25, 0.3) is 0 Å². The molecule has 5 rings (SSSR count). The summed E-state index contributed by atoms with van der Waals surface area (Å²) in [6, 6.07) is 30.0. The van der Waals surface area contributed by atoms with Gasteiger partial charge in [-0.25, -0.2) is 0 Å². The summed E-state index contributed by atoms with van der Waals surface area (Å²) in [6.45, 7) is 0.641. The summed E-state index contributed by atoms with van der Waals surface area (Å²) in [4.78, 5) is 0. The third-order valence-electron chi connectivity index (χ3n) is 5.50. The van der Waals surface area contributed by atoms with Crippen LogP contribution in [0.2, 0.25) is 0 Å². The molecule has 0 saturated carbocycles. The number of hydrogen-bond donors (Lipinski definition) is 0. The standard InChI is InChI=1S/C25H20O/c1-3-10-20(11-4-1)25(21-12-5-2-6-13-21)17-23-22-14-8-7-9-19(22)15-16-24(23)26-18-25/h1-17,24H,18H2. The zero-order chi connectivity index (χ0) is 17.4. The Morgan fingerprint density at radius 2 is 1.35 bits per heavy atom. The van der Waals surface area contributed by atoms with Crippen molar-refractivity contribution in [3.8, 4) is 0 Å². The first kappa shape index (κ1) is 15.4. The van der Waals surface area contributed by atoms with E-state index in [2.05, 4.69) is 103 Å². The average Bonchev–Trinajstić information content (AvgIpc) is 2.74. The highest BCUT2D eigenvalue weighted by Gasteiger charge is 2.39. The van der Waals surface area contributed by atoms with E-state index in [1.165, 1.54) is 27.8 Å². The van der Waals surface area contributed by atoms with Crippen LogP contribution in [0.4, 0.5) is 0 Å². The normalized spacial score (nSPS) is 20.0. The van der Waals surface area contributed by atoms with Crippen LogP contribution in [-0.4, -0.2) is 12.7 Å². The molecule has 3 aromatic rings. The molecule has 0 aromatic heterocycles. The predicted molar refractivity (Wildman–Crippen MR) is 107 cm³/mol. The van der Waals surface area contributed by atoms with Crippen molar-refractivity contribution in [3.63, 3.8) is 0 Å². The molecule has 2 aliphatic rings. The van der Waals surface area contributed by atoms with E-state index in [9.17, 15) is 0 Å². The summed E-state index contributed by atoms with van der Waals surface area (Å²) in [5.41, 5.74) is 6.06. The largest absolute Gasteiger partial charge is 0.368 e. The molecule has 126 valence electrons. The van der Waals surface area contributed by atoms with Crippen LogP contribution in [-0.2, 0) is 10.2 Å². The van der Waals surface area contributed by atoms with Crippen molar-refractivity contribution < 1.29 is 4.74 Å². The summed E-state index contributed by atoms with van der Waals surface area (Å²) in [7, 11) is 0. The number of benzene rings is 3. The van der Waals surface area contributed by atoms with Crippen LogP contribution in [0.25, 0.3) is 11.6 Å². The Kier molecular flexibility index (Phi) is 3.62. The average molecular weight is 336 g/mol. The Balaban J connectivity index is 1.76. The van der Waals surface area contributed by atoms with Crippen molar-refractivity contribution in [1.82, 2.24) is 0 Å². The molecule has 0 spiro atoms. The Morgan fingerprint density at radius 1 is 0.731 bits per heavy atom. The number of ether oxygens (including phenoxy) is 1. The van der Waals surface area contributed by atoms with Gasteiger partial charge in [-0.15, -0.1) is 0 Å². The molecule has 0 N–H and O–H groups in total. The molecule has 1 atom stereocenters. The zero-order valence-corrected chi connectivity index (χ0v) is 14.5. The fourth-order valence-corrected chi connectivity index (χ4v) is 4.16. The molecule has 1 heterocycles. The van der Waals surface area contributed by atoms with Gasteiger partial charge in [-0.05, 0) is 27.8 Å². The number of rotatable bonds is 2. The molecular weight excluding hydrogens is 316 g/mol. The lowest BCUT2D eigenvalue weighted by Crippen LogP contribution is -2.38. The molecule has 26 heavy (non-hydrogen) atoms. The molecule has 3 aromatic carbocycles. The summed E-state index contributed by atoms with van der Waals surface area (Å²) in [5, 5.41) is 0. The Morgan fingerprint density at radius 3 is 2.04 bits per heavy atom. The summed E-state index contributed by atoms with van der Waals surface area (Å²) < 4.78 is 6.41. The quantitative estimate of drug-likeness (QED) is 0.602. The van der Waals surface area contributed by atoms with Crippen molar-refractivity contribution in [1.29, 1.82) is 0 Å². The monoisotopic (exact) mass is 336 g/mol. The van der Waals surface area contributed by atoms with Crippen LogP contribution in [0.1, 0.15) is 22.3 Å². The summed E-state index contributed by atoms with van der Waals surface area (Å²) in [6.07, 6.45) is 6.82. The van der Waals surface area contributed by atoms with Gasteiger partial charge in [-0.1, -0.05) is 103 Å². The molecule has 1 nitrogen and oxygen atoms in total. The Labute approximate surface area is 154 Å². The predicted octanol–water partition coefficient (Wildman–Crippen LogP) is 5.48.